The van der Waals surface area contributed by atoms with Crippen molar-refractivity contribution in [3.8, 4) is 0 Å². The van der Waals surface area contributed by atoms with Crippen LogP contribution in [0.4, 0.5) is 10.1 Å². The van der Waals surface area contributed by atoms with Crippen molar-refractivity contribution in [2.75, 3.05) is 17.6 Å². The van der Waals surface area contributed by atoms with Crippen LogP contribution in [-0.4, -0.2) is 37.9 Å². The fourth-order valence-corrected chi connectivity index (χ4v) is 4.29. The van der Waals surface area contributed by atoms with Crippen LogP contribution in [0, 0.1) is 5.82 Å². The summed E-state index contributed by atoms with van der Waals surface area (Å²) in [7, 11) is -2.96. The number of sulfone groups is 1. The van der Waals surface area contributed by atoms with Crippen LogP contribution in [0.25, 0.3) is 0 Å². The number of hydrogen-bond acceptors (Lipinski definition) is 4. The van der Waals surface area contributed by atoms with E-state index in [1.54, 1.807) is 0 Å². The maximum Gasteiger partial charge on any atom is 0.225 e. The fraction of sp³-hybridized carbons (Fsp3) is 0.533. The summed E-state index contributed by atoms with van der Waals surface area (Å²) in [5, 5.41) is 5.45. The molecule has 122 valence electrons. The molecular formula is C15H21FN2O3S. The molecule has 0 spiro atoms. The van der Waals surface area contributed by atoms with E-state index in [2.05, 4.69) is 10.6 Å². The Bertz CT molecular complexity index is 616. The van der Waals surface area contributed by atoms with Gasteiger partial charge in [-0.25, -0.2) is 12.8 Å². The minimum Gasteiger partial charge on any atom is -0.326 e. The number of benzene rings is 1. The lowest BCUT2D eigenvalue weighted by Crippen LogP contribution is -2.37. The topological polar surface area (TPSA) is 75.3 Å². The molecule has 1 saturated heterocycles. The van der Waals surface area contributed by atoms with Gasteiger partial charge < -0.3 is 10.6 Å². The third-order valence-corrected chi connectivity index (χ3v) is 6.05. The van der Waals surface area contributed by atoms with Gasteiger partial charge in [-0.2, -0.15) is 0 Å². The van der Waals surface area contributed by atoms with E-state index in [4.69, 9.17) is 0 Å². The molecule has 22 heavy (non-hydrogen) atoms. The van der Waals surface area contributed by atoms with E-state index in [1.807, 2.05) is 6.92 Å². The Balaban J connectivity index is 1.75. The first kappa shape index (κ1) is 16.9. The van der Waals surface area contributed by atoms with Gasteiger partial charge in [0, 0.05) is 24.7 Å². The molecule has 5 nitrogen and oxygen atoms in total. The molecule has 0 bridgehead atoms. The summed E-state index contributed by atoms with van der Waals surface area (Å²) < 4.78 is 36.2. The Kier molecular flexibility index (Phi) is 5.52. The largest absolute Gasteiger partial charge is 0.326 e. The lowest BCUT2D eigenvalue weighted by Gasteiger charge is -2.16. The Hall–Kier alpha value is -1.47. The highest BCUT2D eigenvalue weighted by Crippen LogP contribution is 2.19. The van der Waals surface area contributed by atoms with E-state index in [0.717, 1.165) is 0 Å². The molecule has 0 saturated carbocycles. The van der Waals surface area contributed by atoms with Crippen molar-refractivity contribution < 1.29 is 17.6 Å². The molecule has 2 rings (SSSR count). The molecule has 1 aromatic carbocycles. The Morgan fingerprint density at radius 1 is 1.36 bits per heavy atom. The van der Waals surface area contributed by atoms with Gasteiger partial charge in [-0.1, -0.05) is 0 Å². The average Bonchev–Trinajstić information content (AvgIpc) is 2.78. The summed E-state index contributed by atoms with van der Waals surface area (Å²) >= 11 is 0. The second kappa shape index (κ2) is 7.19. The minimum atomic E-state index is -2.96. The third-order valence-electron chi connectivity index (χ3n) is 3.78. The van der Waals surface area contributed by atoms with E-state index < -0.39 is 9.84 Å². The number of nitrogens with one attached hydrogen (secondary N) is 2. The van der Waals surface area contributed by atoms with Crippen molar-refractivity contribution in [3.05, 3.63) is 30.1 Å². The van der Waals surface area contributed by atoms with Gasteiger partial charge in [0.1, 0.15) is 5.82 Å². The molecule has 0 aliphatic carbocycles. The van der Waals surface area contributed by atoms with Crippen LogP contribution in [0.3, 0.4) is 0 Å². The molecule has 1 aromatic rings. The van der Waals surface area contributed by atoms with E-state index >= 15 is 0 Å². The van der Waals surface area contributed by atoms with Crippen LogP contribution < -0.4 is 10.6 Å². The predicted molar refractivity (Wildman–Crippen MR) is 83.9 cm³/mol. The standard InChI is InChI=1S/C15H21FN2O3S/c1-11(17-10-14-3-2-8-22(14,20)21)9-15(19)18-13-6-4-12(16)5-7-13/h4-7,11,14,17H,2-3,8-10H2,1H3,(H,18,19)/t11-,14-/m1/s1. The number of rotatable bonds is 6. The van der Waals surface area contributed by atoms with Gasteiger partial charge in [0.25, 0.3) is 0 Å². The SMILES string of the molecule is C[C@H](CC(=O)Nc1ccc(F)cc1)NC[C@H]1CCCS1(=O)=O. The molecule has 2 atom stereocenters. The Labute approximate surface area is 130 Å². The number of amides is 1. The summed E-state index contributed by atoms with van der Waals surface area (Å²) in [6, 6.07) is 5.42. The van der Waals surface area contributed by atoms with Crippen molar-refractivity contribution in [2.24, 2.45) is 0 Å². The summed E-state index contributed by atoms with van der Waals surface area (Å²) in [6.07, 6.45) is 1.63. The number of anilines is 1. The number of halogens is 1. The van der Waals surface area contributed by atoms with Crippen molar-refractivity contribution in [1.29, 1.82) is 0 Å². The molecule has 2 N–H and O–H groups in total. The van der Waals surface area contributed by atoms with E-state index in [1.165, 1.54) is 24.3 Å². The zero-order valence-electron chi connectivity index (χ0n) is 12.5. The fourth-order valence-electron chi connectivity index (χ4n) is 2.52. The van der Waals surface area contributed by atoms with Crippen LogP contribution in [0.1, 0.15) is 26.2 Å². The molecule has 0 unspecified atom stereocenters. The number of carbonyl (C=O) groups excluding carboxylic acids is 1. The molecule has 1 aliphatic rings. The molecule has 1 heterocycles. The second-order valence-corrected chi connectivity index (χ2v) is 8.10. The quantitative estimate of drug-likeness (QED) is 0.833. The van der Waals surface area contributed by atoms with Crippen molar-refractivity contribution >= 4 is 21.4 Å². The maximum atomic E-state index is 12.8. The monoisotopic (exact) mass is 328 g/mol. The van der Waals surface area contributed by atoms with Gasteiger partial charge in [-0.05, 0) is 44.0 Å². The maximum absolute atomic E-state index is 12.8. The minimum absolute atomic E-state index is 0.128. The second-order valence-electron chi connectivity index (χ2n) is 5.70. The van der Waals surface area contributed by atoms with Crippen LogP contribution in [0.2, 0.25) is 0 Å². The normalized spacial score (nSPS) is 21.5. The lowest BCUT2D eigenvalue weighted by molar-refractivity contribution is -0.116. The van der Waals surface area contributed by atoms with E-state index in [9.17, 15) is 17.6 Å². The molecule has 1 amide bonds. The molecule has 1 fully saturated rings. The summed E-state index contributed by atoms with van der Waals surface area (Å²) in [4.78, 5) is 11.9. The number of carbonyl (C=O) groups is 1. The third kappa shape index (κ3) is 4.78. The Morgan fingerprint density at radius 2 is 2.05 bits per heavy atom. The van der Waals surface area contributed by atoms with Gasteiger partial charge in [0.2, 0.25) is 5.91 Å². The van der Waals surface area contributed by atoms with Gasteiger partial charge >= 0.3 is 0 Å². The Morgan fingerprint density at radius 3 is 2.64 bits per heavy atom. The summed E-state index contributed by atoms with van der Waals surface area (Å²) in [5.41, 5.74) is 0.539. The van der Waals surface area contributed by atoms with E-state index in [-0.39, 0.29) is 35.2 Å². The van der Waals surface area contributed by atoms with Crippen LogP contribution >= 0.6 is 0 Å². The molecular weight excluding hydrogens is 307 g/mol. The number of hydrogen-bond donors (Lipinski definition) is 2. The van der Waals surface area contributed by atoms with Gasteiger partial charge in [-0.15, -0.1) is 0 Å². The van der Waals surface area contributed by atoms with Gasteiger partial charge in [0.05, 0.1) is 11.0 Å². The van der Waals surface area contributed by atoms with Crippen molar-refractivity contribution in [1.82, 2.24) is 5.32 Å². The molecule has 7 heteroatoms. The van der Waals surface area contributed by atoms with Crippen LogP contribution in [-0.2, 0) is 14.6 Å². The first-order chi connectivity index (χ1) is 10.4. The highest BCUT2D eigenvalue weighted by atomic mass is 32.2. The first-order valence-electron chi connectivity index (χ1n) is 7.37. The van der Waals surface area contributed by atoms with Gasteiger partial charge in [-0.3, -0.25) is 4.79 Å². The highest BCUT2D eigenvalue weighted by molar-refractivity contribution is 7.92. The molecule has 0 radical (unpaired) electrons. The zero-order valence-corrected chi connectivity index (χ0v) is 13.3. The lowest BCUT2D eigenvalue weighted by atomic mass is 10.2. The summed E-state index contributed by atoms with van der Waals surface area (Å²) in [5.74, 6) is -0.287. The van der Waals surface area contributed by atoms with E-state index in [0.29, 0.717) is 25.1 Å². The van der Waals surface area contributed by atoms with Crippen molar-refractivity contribution in [3.63, 3.8) is 0 Å². The van der Waals surface area contributed by atoms with Crippen LogP contribution in [0.5, 0.6) is 0 Å². The molecule has 1 aliphatic heterocycles. The molecule has 0 aromatic heterocycles. The predicted octanol–water partition coefficient (Wildman–Crippen LogP) is 1.71. The zero-order chi connectivity index (χ0) is 16.2. The highest BCUT2D eigenvalue weighted by Gasteiger charge is 2.31. The summed E-state index contributed by atoms with van der Waals surface area (Å²) in [6.45, 7) is 2.22. The average molecular weight is 328 g/mol. The van der Waals surface area contributed by atoms with Gasteiger partial charge in [0.15, 0.2) is 9.84 Å². The van der Waals surface area contributed by atoms with Crippen LogP contribution in [0.15, 0.2) is 24.3 Å². The van der Waals surface area contributed by atoms with Crippen molar-refractivity contribution in [2.45, 2.75) is 37.5 Å². The first-order valence-corrected chi connectivity index (χ1v) is 9.09. The smallest absolute Gasteiger partial charge is 0.225 e.